The minimum atomic E-state index is 0.553. The van der Waals surface area contributed by atoms with Crippen LogP contribution in [0, 0.1) is 18.8 Å². The summed E-state index contributed by atoms with van der Waals surface area (Å²) in [5.41, 5.74) is 4.45. The van der Waals surface area contributed by atoms with Gasteiger partial charge in [0.25, 0.3) is 0 Å². The van der Waals surface area contributed by atoms with Gasteiger partial charge in [-0.1, -0.05) is 42.8 Å². The third-order valence-corrected chi connectivity index (χ3v) is 4.43. The molecular weight excluding hydrogens is 242 g/mol. The van der Waals surface area contributed by atoms with E-state index < -0.39 is 0 Å². The van der Waals surface area contributed by atoms with Gasteiger partial charge in [0.2, 0.25) is 0 Å². The summed E-state index contributed by atoms with van der Waals surface area (Å²) in [6.07, 6.45) is 6.17. The molecule has 3 unspecified atom stereocenters. The fourth-order valence-electron chi connectivity index (χ4n) is 3.45. The highest BCUT2D eigenvalue weighted by Crippen LogP contribution is 2.27. The van der Waals surface area contributed by atoms with Gasteiger partial charge in [0.15, 0.2) is 0 Å². The molecule has 20 heavy (non-hydrogen) atoms. The smallest absolute Gasteiger partial charge is 0.00793 e. The summed E-state index contributed by atoms with van der Waals surface area (Å²) in [4.78, 5) is 0. The topological polar surface area (TPSA) is 12.0 Å². The maximum atomic E-state index is 3.74. The molecule has 0 fully saturated rings. The van der Waals surface area contributed by atoms with Crippen LogP contribution in [0.1, 0.15) is 44.7 Å². The van der Waals surface area contributed by atoms with Gasteiger partial charge in [-0.05, 0) is 69.5 Å². The molecule has 0 spiro atoms. The minimum Gasteiger partial charge on any atom is -0.314 e. The molecule has 1 aliphatic rings. The van der Waals surface area contributed by atoms with E-state index in [1.54, 1.807) is 5.57 Å². The van der Waals surface area contributed by atoms with E-state index in [1.165, 1.54) is 24.0 Å². The SMILES string of the molecule is CC1=CC(C)CC(CNC(C)Cc2ccccc2C)C1. The van der Waals surface area contributed by atoms with Gasteiger partial charge < -0.3 is 5.32 Å². The van der Waals surface area contributed by atoms with Gasteiger partial charge in [-0.25, -0.2) is 0 Å². The molecular formula is C19H29N. The van der Waals surface area contributed by atoms with Gasteiger partial charge in [0, 0.05) is 6.04 Å². The molecule has 1 heteroatoms. The van der Waals surface area contributed by atoms with Gasteiger partial charge >= 0.3 is 0 Å². The molecule has 1 aromatic rings. The summed E-state index contributed by atoms with van der Waals surface area (Å²) in [6.45, 7) is 10.3. The van der Waals surface area contributed by atoms with Crippen molar-refractivity contribution >= 4 is 0 Å². The van der Waals surface area contributed by atoms with Crippen LogP contribution in [0.15, 0.2) is 35.9 Å². The summed E-state index contributed by atoms with van der Waals surface area (Å²) in [6, 6.07) is 9.28. The Hall–Kier alpha value is -1.08. The molecule has 0 aromatic heterocycles. The number of aryl methyl sites for hydroxylation is 1. The second-order valence-electron chi connectivity index (χ2n) is 6.74. The maximum Gasteiger partial charge on any atom is 0.00793 e. The van der Waals surface area contributed by atoms with Crippen molar-refractivity contribution in [3.63, 3.8) is 0 Å². The lowest BCUT2D eigenvalue weighted by Crippen LogP contribution is -2.34. The van der Waals surface area contributed by atoms with Crippen LogP contribution in [0.5, 0.6) is 0 Å². The van der Waals surface area contributed by atoms with E-state index in [1.807, 2.05) is 0 Å². The van der Waals surface area contributed by atoms with Crippen molar-refractivity contribution in [3.8, 4) is 0 Å². The Morgan fingerprint density at radius 1 is 1.25 bits per heavy atom. The Balaban J connectivity index is 1.80. The normalized spacial score (nSPS) is 24.3. The van der Waals surface area contributed by atoms with Crippen molar-refractivity contribution in [3.05, 3.63) is 47.0 Å². The molecule has 0 saturated heterocycles. The highest BCUT2D eigenvalue weighted by atomic mass is 14.9. The molecule has 3 atom stereocenters. The van der Waals surface area contributed by atoms with E-state index in [2.05, 4.69) is 63.4 Å². The lowest BCUT2D eigenvalue weighted by atomic mass is 9.83. The average Bonchev–Trinajstić information content (AvgIpc) is 2.38. The van der Waals surface area contributed by atoms with E-state index in [9.17, 15) is 0 Å². The standard InChI is InChI=1S/C19H29N/c1-14-9-15(2)11-18(10-14)13-20-17(4)12-19-8-6-5-7-16(19)3/h5-9,14,17-18,20H,10-13H2,1-4H3. The zero-order chi connectivity index (χ0) is 14.5. The first-order valence-corrected chi connectivity index (χ1v) is 7.99. The molecule has 0 amide bonds. The number of benzene rings is 1. The fourth-order valence-corrected chi connectivity index (χ4v) is 3.45. The molecule has 2 rings (SSSR count). The number of nitrogens with one attached hydrogen (secondary N) is 1. The number of hydrogen-bond donors (Lipinski definition) is 1. The van der Waals surface area contributed by atoms with Gasteiger partial charge in [0.05, 0.1) is 0 Å². The van der Waals surface area contributed by atoms with E-state index in [0.29, 0.717) is 6.04 Å². The molecule has 0 bridgehead atoms. The Morgan fingerprint density at radius 2 is 2.00 bits per heavy atom. The zero-order valence-electron chi connectivity index (χ0n) is 13.4. The van der Waals surface area contributed by atoms with Gasteiger partial charge in [0.1, 0.15) is 0 Å². The molecule has 110 valence electrons. The molecule has 0 saturated carbocycles. The third kappa shape index (κ3) is 4.49. The molecule has 0 heterocycles. The van der Waals surface area contributed by atoms with E-state index in [-0.39, 0.29) is 0 Å². The van der Waals surface area contributed by atoms with Crippen LogP contribution < -0.4 is 5.32 Å². The Kier molecular flexibility index (Phi) is 5.42. The summed E-state index contributed by atoms with van der Waals surface area (Å²) in [5.74, 6) is 1.57. The molecule has 1 aliphatic carbocycles. The highest BCUT2D eigenvalue weighted by Gasteiger charge is 2.18. The number of hydrogen-bond acceptors (Lipinski definition) is 1. The Morgan fingerprint density at radius 3 is 2.70 bits per heavy atom. The summed E-state index contributed by atoms with van der Waals surface area (Å²) < 4.78 is 0. The van der Waals surface area contributed by atoms with Crippen molar-refractivity contribution in [1.29, 1.82) is 0 Å². The second-order valence-corrected chi connectivity index (χ2v) is 6.74. The van der Waals surface area contributed by atoms with Crippen LogP contribution in [0.4, 0.5) is 0 Å². The van der Waals surface area contributed by atoms with Crippen molar-refractivity contribution in [2.24, 2.45) is 11.8 Å². The van der Waals surface area contributed by atoms with Crippen LogP contribution in [0.3, 0.4) is 0 Å². The molecule has 1 nitrogen and oxygen atoms in total. The molecule has 0 radical (unpaired) electrons. The minimum absolute atomic E-state index is 0.553. The quantitative estimate of drug-likeness (QED) is 0.777. The maximum absolute atomic E-state index is 3.74. The van der Waals surface area contributed by atoms with E-state index in [4.69, 9.17) is 0 Å². The number of rotatable bonds is 5. The Labute approximate surface area is 124 Å². The first kappa shape index (κ1) is 15.3. The van der Waals surface area contributed by atoms with Crippen LogP contribution in [-0.2, 0) is 6.42 Å². The predicted octanol–water partition coefficient (Wildman–Crippen LogP) is 4.51. The fraction of sp³-hybridized carbons (Fsp3) is 0.579. The number of allylic oxidation sites excluding steroid dienone is 2. The van der Waals surface area contributed by atoms with Crippen molar-refractivity contribution in [2.45, 2.75) is 53.0 Å². The second kappa shape index (κ2) is 7.08. The first-order valence-electron chi connectivity index (χ1n) is 7.99. The van der Waals surface area contributed by atoms with Gasteiger partial charge in [-0.15, -0.1) is 0 Å². The molecule has 1 aromatic carbocycles. The van der Waals surface area contributed by atoms with E-state index in [0.717, 1.165) is 24.8 Å². The first-order chi connectivity index (χ1) is 9.54. The Bertz CT molecular complexity index is 461. The average molecular weight is 271 g/mol. The monoisotopic (exact) mass is 271 g/mol. The molecule has 1 N–H and O–H groups in total. The highest BCUT2D eigenvalue weighted by molar-refractivity contribution is 5.26. The lowest BCUT2D eigenvalue weighted by Gasteiger charge is -2.27. The van der Waals surface area contributed by atoms with Gasteiger partial charge in [-0.3, -0.25) is 0 Å². The third-order valence-electron chi connectivity index (χ3n) is 4.43. The lowest BCUT2D eigenvalue weighted by molar-refractivity contribution is 0.364. The van der Waals surface area contributed by atoms with E-state index >= 15 is 0 Å². The van der Waals surface area contributed by atoms with Crippen LogP contribution >= 0.6 is 0 Å². The van der Waals surface area contributed by atoms with Crippen molar-refractivity contribution in [1.82, 2.24) is 5.32 Å². The van der Waals surface area contributed by atoms with Crippen molar-refractivity contribution in [2.75, 3.05) is 6.54 Å². The van der Waals surface area contributed by atoms with Gasteiger partial charge in [-0.2, -0.15) is 0 Å². The molecule has 0 aliphatic heterocycles. The van der Waals surface area contributed by atoms with Crippen LogP contribution in [0.2, 0.25) is 0 Å². The summed E-state index contributed by atoms with van der Waals surface area (Å²) in [5, 5.41) is 3.74. The largest absolute Gasteiger partial charge is 0.314 e. The summed E-state index contributed by atoms with van der Waals surface area (Å²) in [7, 11) is 0. The zero-order valence-corrected chi connectivity index (χ0v) is 13.4. The van der Waals surface area contributed by atoms with Crippen LogP contribution in [0.25, 0.3) is 0 Å². The van der Waals surface area contributed by atoms with Crippen molar-refractivity contribution < 1.29 is 0 Å². The predicted molar refractivity (Wildman–Crippen MR) is 88.0 cm³/mol. The van der Waals surface area contributed by atoms with Crippen LogP contribution in [-0.4, -0.2) is 12.6 Å². The summed E-state index contributed by atoms with van der Waals surface area (Å²) >= 11 is 0.